The second-order valence-corrected chi connectivity index (χ2v) is 5.19. The number of esters is 1. The first-order valence-electron chi connectivity index (χ1n) is 7.57. The molecule has 5 nitrogen and oxygen atoms in total. The molecule has 0 saturated carbocycles. The third kappa shape index (κ3) is 4.28. The van der Waals surface area contributed by atoms with E-state index in [1.165, 1.54) is 0 Å². The normalized spacial score (nSPS) is 18.3. The van der Waals surface area contributed by atoms with Crippen molar-refractivity contribution in [2.75, 3.05) is 13.2 Å². The molecule has 0 spiro atoms. The lowest BCUT2D eigenvalue weighted by molar-refractivity contribution is -0.146. The lowest BCUT2D eigenvalue weighted by Gasteiger charge is -2.36. The van der Waals surface area contributed by atoms with Crippen molar-refractivity contribution in [2.24, 2.45) is 0 Å². The number of carbonyl (C=O) groups is 2. The van der Waals surface area contributed by atoms with Crippen LogP contribution in [0.5, 0.6) is 0 Å². The van der Waals surface area contributed by atoms with Crippen LogP contribution in [0.4, 0.5) is 0 Å². The molecule has 1 unspecified atom stereocenters. The van der Waals surface area contributed by atoms with Crippen molar-refractivity contribution in [3.63, 3.8) is 0 Å². The Hall–Kier alpha value is -1.91. The van der Waals surface area contributed by atoms with Crippen molar-refractivity contribution >= 4 is 11.9 Å². The number of nitrogens with zero attached hydrogens (tertiary/aromatic N) is 2. The van der Waals surface area contributed by atoms with Crippen LogP contribution in [0.25, 0.3) is 0 Å². The van der Waals surface area contributed by atoms with Crippen molar-refractivity contribution in [1.29, 1.82) is 0 Å². The van der Waals surface area contributed by atoms with Crippen molar-refractivity contribution in [3.05, 3.63) is 30.1 Å². The summed E-state index contributed by atoms with van der Waals surface area (Å²) in [7, 11) is 0. The fourth-order valence-corrected chi connectivity index (χ4v) is 2.74. The Morgan fingerprint density at radius 3 is 2.95 bits per heavy atom. The molecule has 1 fully saturated rings. The van der Waals surface area contributed by atoms with Crippen LogP contribution in [0.1, 0.15) is 50.6 Å². The van der Waals surface area contributed by atoms with E-state index in [4.69, 9.17) is 4.74 Å². The zero-order valence-corrected chi connectivity index (χ0v) is 12.5. The second kappa shape index (κ2) is 7.76. The van der Waals surface area contributed by atoms with Gasteiger partial charge < -0.3 is 9.64 Å². The molecule has 1 atom stereocenters. The fraction of sp³-hybridized carbons (Fsp3) is 0.562. The van der Waals surface area contributed by atoms with Gasteiger partial charge >= 0.3 is 5.97 Å². The van der Waals surface area contributed by atoms with Crippen LogP contribution in [-0.4, -0.2) is 34.9 Å². The molecule has 2 heterocycles. The van der Waals surface area contributed by atoms with Crippen molar-refractivity contribution in [3.8, 4) is 0 Å². The molecule has 1 aliphatic heterocycles. The Balaban J connectivity index is 1.98. The van der Waals surface area contributed by atoms with Crippen LogP contribution in [-0.2, 0) is 14.3 Å². The molecule has 0 N–H and O–H groups in total. The smallest absolute Gasteiger partial charge is 0.306 e. The topological polar surface area (TPSA) is 59.5 Å². The molecule has 0 aromatic carbocycles. The first-order chi connectivity index (χ1) is 10.2. The van der Waals surface area contributed by atoms with Crippen LogP contribution in [0.2, 0.25) is 0 Å². The zero-order valence-electron chi connectivity index (χ0n) is 12.5. The molecule has 0 aliphatic carbocycles. The summed E-state index contributed by atoms with van der Waals surface area (Å²) in [5, 5.41) is 0. The highest BCUT2D eigenvalue weighted by atomic mass is 16.5. The van der Waals surface area contributed by atoms with Gasteiger partial charge in [0.05, 0.1) is 19.1 Å². The summed E-state index contributed by atoms with van der Waals surface area (Å²) in [5.41, 5.74) is 1.07. The van der Waals surface area contributed by atoms with Gasteiger partial charge in [-0.05, 0) is 37.8 Å². The number of amides is 1. The lowest BCUT2D eigenvalue weighted by atomic mass is 9.96. The van der Waals surface area contributed by atoms with Gasteiger partial charge in [0.1, 0.15) is 0 Å². The van der Waals surface area contributed by atoms with Gasteiger partial charge in [0.2, 0.25) is 5.91 Å². The highest BCUT2D eigenvalue weighted by Crippen LogP contribution is 2.31. The van der Waals surface area contributed by atoms with Gasteiger partial charge in [0, 0.05) is 25.4 Å². The standard InChI is InChI=1S/C16H22N2O3/c1-2-21-16(20)9-8-15(19)18-11-4-3-7-14(18)13-6-5-10-17-12-13/h5-6,10,12,14H,2-4,7-9,11H2,1H3. The number of likely N-dealkylation sites (tertiary alicyclic amines) is 1. The van der Waals surface area contributed by atoms with Gasteiger partial charge in [0.15, 0.2) is 0 Å². The van der Waals surface area contributed by atoms with E-state index in [2.05, 4.69) is 4.98 Å². The van der Waals surface area contributed by atoms with Gasteiger partial charge in [-0.3, -0.25) is 14.6 Å². The Kier molecular flexibility index (Phi) is 5.72. The summed E-state index contributed by atoms with van der Waals surface area (Å²) in [4.78, 5) is 29.8. The minimum atomic E-state index is -0.305. The summed E-state index contributed by atoms with van der Waals surface area (Å²) < 4.78 is 4.87. The number of hydrogen-bond acceptors (Lipinski definition) is 4. The van der Waals surface area contributed by atoms with Crippen LogP contribution >= 0.6 is 0 Å². The molecule has 21 heavy (non-hydrogen) atoms. The van der Waals surface area contributed by atoms with E-state index in [1.807, 2.05) is 23.2 Å². The number of ether oxygens (including phenoxy) is 1. The van der Waals surface area contributed by atoms with Crippen molar-refractivity contribution in [1.82, 2.24) is 9.88 Å². The molecule has 1 saturated heterocycles. The molecular weight excluding hydrogens is 268 g/mol. The molecule has 5 heteroatoms. The van der Waals surface area contributed by atoms with Crippen molar-refractivity contribution in [2.45, 2.75) is 45.1 Å². The maximum absolute atomic E-state index is 12.4. The Morgan fingerprint density at radius 2 is 2.24 bits per heavy atom. The van der Waals surface area contributed by atoms with E-state index in [1.54, 1.807) is 13.1 Å². The summed E-state index contributed by atoms with van der Waals surface area (Å²) in [6.45, 7) is 2.87. The zero-order chi connectivity index (χ0) is 15.1. The third-order valence-electron chi connectivity index (χ3n) is 3.74. The van der Waals surface area contributed by atoms with E-state index < -0.39 is 0 Å². The fourth-order valence-electron chi connectivity index (χ4n) is 2.74. The van der Waals surface area contributed by atoms with E-state index in [-0.39, 0.29) is 30.8 Å². The minimum Gasteiger partial charge on any atom is -0.466 e. The largest absolute Gasteiger partial charge is 0.466 e. The highest BCUT2D eigenvalue weighted by Gasteiger charge is 2.28. The molecular formula is C16H22N2O3. The number of hydrogen-bond donors (Lipinski definition) is 0. The molecule has 2 rings (SSSR count). The number of pyridine rings is 1. The van der Waals surface area contributed by atoms with Crippen LogP contribution in [0, 0.1) is 0 Å². The number of piperidine rings is 1. The molecule has 0 bridgehead atoms. The summed E-state index contributed by atoms with van der Waals surface area (Å²) in [6, 6.07) is 3.99. The minimum absolute atomic E-state index is 0.0246. The van der Waals surface area contributed by atoms with E-state index in [0.717, 1.165) is 31.4 Å². The predicted octanol–water partition coefficient (Wildman–Crippen LogP) is 2.48. The molecule has 114 valence electrons. The summed E-state index contributed by atoms with van der Waals surface area (Å²) in [6.07, 6.45) is 7.01. The average molecular weight is 290 g/mol. The number of rotatable bonds is 5. The van der Waals surface area contributed by atoms with Crippen LogP contribution in [0.3, 0.4) is 0 Å². The SMILES string of the molecule is CCOC(=O)CCC(=O)N1CCCCC1c1cccnc1. The average Bonchev–Trinajstić information content (AvgIpc) is 2.54. The van der Waals surface area contributed by atoms with Gasteiger partial charge in [-0.15, -0.1) is 0 Å². The van der Waals surface area contributed by atoms with E-state index >= 15 is 0 Å². The number of aromatic nitrogens is 1. The summed E-state index contributed by atoms with van der Waals surface area (Å²) in [5.74, 6) is -0.280. The van der Waals surface area contributed by atoms with Crippen LogP contribution < -0.4 is 0 Å². The first kappa shape index (κ1) is 15.5. The van der Waals surface area contributed by atoms with Gasteiger partial charge in [0.25, 0.3) is 0 Å². The van der Waals surface area contributed by atoms with E-state index in [9.17, 15) is 9.59 Å². The van der Waals surface area contributed by atoms with Gasteiger partial charge in [-0.2, -0.15) is 0 Å². The first-order valence-corrected chi connectivity index (χ1v) is 7.57. The maximum Gasteiger partial charge on any atom is 0.306 e. The quantitative estimate of drug-likeness (QED) is 0.782. The second-order valence-electron chi connectivity index (χ2n) is 5.19. The van der Waals surface area contributed by atoms with E-state index in [0.29, 0.717) is 6.61 Å². The molecule has 1 aromatic rings. The predicted molar refractivity (Wildman–Crippen MR) is 78.4 cm³/mol. The Labute approximate surface area is 125 Å². The monoisotopic (exact) mass is 290 g/mol. The third-order valence-corrected chi connectivity index (χ3v) is 3.74. The Bertz CT molecular complexity index is 476. The van der Waals surface area contributed by atoms with Crippen LogP contribution in [0.15, 0.2) is 24.5 Å². The molecule has 1 aromatic heterocycles. The molecule has 1 amide bonds. The maximum atomic E-state index is 12.4. The van der Waals surface area contributed by atoms with Gasteiger partial charge in [-0.1, -0.05) is 6.07 Å². The van der Waals surface area contributed by atoms with Crippen molar-refractivity contribution < 1.29 is 14.3 Å². The summed E-state index contributed by atoms with van der Waals surface area (Å²) >= 11 is 0. The molecule has 1 aliphatic rings. The number of carbonyl (C=O) groups excluding carboxylic acids is 2. The highest BCUT2D eigenvalue weighted by molar-refractivity contribution is 5.81. The molecule has 0 radical (unpaired) electrons. The lowest BCUT2D eigenvalue weighted by Crippen LogP contribution is -2.38. The van der Waals surface area contributed by atoms with Gasteiger partial charge in [-0.25, -0.2) is 0 Å². The Morgan fingerprint density at radius 1 is 1.38 bits per heavy atom.